The van der Waals surface area contributed by atoms with E-state index in [0.717, 1.165) is 11.4 Å². The van der Waals surface area contributed by atoms with Gasteiger partial charge >= 0.3 is 0 Å². The molecule has 0 saturated heterocycles. The number of aryl methyl sites for hydroxylation is 1. The maximum atomic E-state index is 5.90. The quantitative estimate of drug-likeness (QED) is 0.924. The van der Waals surface area contributed by atoms with Gasteiger partial charge < -0.3 is 10.6 Å². The summed E-state index contributed by atoms with van der Waals surface area (Å²) >= 11 is 5.83. The molecule has 2 aromatic rings. The smallest absolute Gasteiger partial charge is 0.151 e. The molecule has 2 heterocycles. The minimum atomic E-state index is 0.540. The summed E-state index contributed by atoms with van der Waals surface area (Å²) in [6, 6.07) is 7.64. The van der Waals surface area contributed by atoms with E-state index in [1.54, 1.807) is 12.3 Å². The second-order valence-corrected chi connectivity index (χ2v) is 4.63. The molecule has 0 spiro atoms. The van der Waals surface area contributed by atoms with Crippen molar-refractivity contribution in [2.75, 3.05) is 17.7 Å². The molecule has 0 aliphatic heterocycles. The van der Waals surface area contributed by atoms with Crippen LogP contribution in [-0.4, -0.2) is 17.0 Å². The van der Waals surface area contributed by atoms with Crippen LogP contribution in [0.2, 0.25) is 5.02 Å². The van der Waals surface area contributed by atoms with Crippen LogP contribution in [0.25, 0.3) is 0 Å². The zero-order valence-electron chi connectivity index (χ0n) is 10.4. The minimum Gasteiger partial charge on any atom is -0.396 e. The SMILES string of the molecule is Cc1cccc(CN(C)c2ncc(Cl)cc2N)n1. The Bertz CT molecular complexity index is 556. The highest BCUT2D eigenvalue weighted by Crippen LogP contribution is 2.23. The van der Waals surface area contributed by atoms with Gasteiger partial charge in [0.15, 0.2) is 5.82 Å². The van der Waals surface area contributed by atoms with Crippen LogP contribution in [-0.2, 0) is 6.54 Å². The summed E-state index contributed by atoms with van der Waals surface area (Å²) in [5, 5.41) is 0.540. The lowest BCUT2D eigenvalue weighted by Crippen LogP contribution is -2.20. The molecule has 4 nitrogen and oxygen atoms in total. The number of pyridine rings is 2. The zero-order chi connectivity index (χ0) is 13.1. The maximum Gasteiger partial charge on any atom is 0.151 e. The third-order valence-corrected chi connectivity index (χ3v) is 2.78. The highest BCUT2D eigenvalue weighted by molar-refractivity contribution is 6.30. The van der Waals surface area contributed by atoms with Crippen molar-refractivity contribution < 1.29 is 0 Å². The maximum absolute atomic E-state index is 5.90. The fourth-order valence-corrected chi connectivity index (χ4v) is 1.94. The lowest BCUT2D eigenvalue weighted by atomic mass is 10.3. The number of nitrogen functional groups attached to an aromatic ring is 1. The zero-order valence-corrected chi connectivity index (χ0v) is 11.1. The summed E-state index contributed by atoms with van der Waals surface area (Å²) in [4.78, 5) is 10.6. The van der Waals surface area contributed by atoms with Crippen molar-refractivity contribution in [1.29, 1.82) is 0 Å². The molecule has 0 saturated carbocycles. The molecule has 0 bridgehead atoms. The molecule has 0 radical (unpaired) electrons. The van der Waals surface area contributed by atoms with E-state index in [4.69, 9.17) is 17.3 Å². The Balaban J connectivity index is 2.19. The summed E-state index contributed by atoms with van der Waals surface area (Å²) < 4.78 is 0. The number of nitrogens with zero attached hydrogens (tertiary/aromatic N) is 3. The predicted octanol–water partition coefficient (Wildman–Crippen LogP) is 2.66. The van der Waals surface area contributed by atoms with Gasteiger partial charge in [0, 0.05) is 18.9 Å². The Morgan fingerprint density at radius 1 is 1.39 bits per heavy atom. The summed E-state index contributed by atoms with van der Waals surface area (Å²) in [7, 11) is 1.93. The average Bonchev–Trinajstić information content (AvgIpc) is 2.28. The van der Waals surface area contributed by atoms with Gasteiger partial charge in [-0.3, -0.25) is 4.98 Å². The lowest BCUT2D eigenvalue weighted by molar-refractivity contribution is 0.861. The van der Waals surface area contributed by atoms with Crippen molar-refractivity contribution >= 4 is 23.1 Å². The third kappa shape index (κ3) is 2.90. The Morgan fingerprint density at radius 2 is 2.17 bits per heavy atom. The van der Waals surface area contributed by atoms with E-state index in [0.29, 0.717) is 23.1 Å². The molecule has 18 heavy (non-hydrogen) atoms. The summed E-state index contributed by atoms with van der Waals surface area (Å²) in [5.41, 5.74) is 8.44. The molecule has 0 unspecified atom stereocenters. The Kier molecular flexibility index (Phi) is 3.67. The highest BCUT2D eigenvalue weighted by Gasteiger charge is 2.08. The van der Waals surface area contributed by atoms with Crippen LogP contribution in [0.1, 0.15) is 11.4 Å². The van der Waals surface area contributed by atoms with Gasteiger partial charge in [0.25, 0.3) is 0 Å². The van der Waals surface area contributed by atoms with Crippen LogP contribution in [0, 0.1) is 6.92 Å². The second kappa shape index (κ2) is 5.23. The number of aromatic nitrogens is 2. The van der Waals surface area contributed by atoms with E-state index in [-0.39, 0.29) is 0 Å². The first kappa shape index (κ1) is 12.6. The molecule has 94 valence electrons. The van der Waals surface area contributed by atoms with E-state index >= 15 is 0 Å². The molecule has 0 fully saturated rings. The standard InChI is InChI=1S/C13H15ClN4/c1-9-4-3-5-11(17-9)8-18(2)13-12(15)6-10(14)7-16-13/h3-7H,8,15H2,1-2H3. The fourth-order valence-electron chi connectivity index (χ4n) is 1.77. The molecular formula is C13H15ClN4. The van der Waals surface area contributed by atoms with Crippen LogP contribution < -0.4 is 10.6 Å². The number of rotatable bonds is 3. The molecule has 0 atom stereocenters. The Hall–Kier alpha value is -1.81. The summed E-state index contributed by atoms with van der Waals surface area (Å²) in [6.45, 7) is 2.62. The summed E-state index contributed by atoms with van der Waals surface area (Å²) in [5.74, 6) is 0.711. The summed E-state index contributed by atoms with van der Waals surface area (Å²) in [6.07, 6.45) is 1.59. The van der Waals surface area contributed by atoms with Crippen molar-refractivity contribution in [3.8, 4) is 0 Å². The monoisotopic (exact) mass is 262 g/mol. The third-order valence-electron chi connectivity index (χ3n) is 2.57. The number of hydrogen-bond donors (Lipinski definition) is 1. The number of anilines is 2. The van der Waals surface area contributed by atoms with Gasteiger partial charge in [0.1, 0.15) is 0 Å². The van der Waals surface area contributed by atoms with E-state index in [1.165, 1.54) is 0 Å². The number of nitrogens with two attached hydrogens (primary N) is 1. The average molecular weight is 263 g/mol. The molecule has 0 aliphatic rings. The van der Waals surface area contributed by atoms with Crippen LogP contribution in [0.3, 0.4) is 0 Å². The molecule has 5 heteroatoms. The molecule has 0 amide bonds. The largest absolute Gasteiger partial charge is 0.396 e. The van der Waals surface area contributed by atoms with Crippen molar-refractivity contribution in [1.82, 2.24) is 9.97 Å². The van der Waals surface area contributed by atoms with Gasteiger partial charge in [-0.25, -0.2) is 4.98 Å². The van der Waals surface area contributed by atoms with Gasteiger partial charge in [-0.1, -0.05) is 17.7 Å². The lowest BCUT2D eigenvalue weighted by Gasteiger charge is -2.19. The molecule has 2 N–H and O–H groups in total. The predicted molar refractivity (Wildman–Crippen MR) is 74.7 cm³/mol. The van der Waals surface area contributed by atoms with Crippen molar-refractivity contribution in [2.45, 2.75) is 13.5 Å². The van der Waals surface area contributed by atoms with Gasteiger partial charge in [0.05, 0.1) is 22.9 Å². The normalized spacial score (nSPS) is 10.4. The Morgan fingerprint density at radius 3 is 2.83 bits per heavy atom. The Labute approximate surface area is 111 Å². The second-order valence-electron chi connectivity index (χ2n) is 4.19. The topological polar surface area (TPSA) is 55.0 Å². The van der Waals surface area contributed by atoms with Gasteiger partial charge in [-0.15, -0.1) is 0 Å². The first-order chi connectivity index (χ1) is 8.56. The van der Waals surface area contributed by atoms with Gasteiger partial charge in [0.2, 0.25) is 0 Å². The van der Waals surface area contributed by atoms with Gasteiger partial charge in [-0.2, -0.15) is 0 Å². The van der Waals surface area contributed by atoms with Crippen LogP contribution in [0.4, 0.5) is 11.5 Å². The molecule has 0 aromatic carbocycles. The van der Waals surface area contributed by atoms with E-state index in [2.05, 4.69) is 9.97 Å². The molecule has 2 aromatic heterocycles. The molecule has 2 rings (SSSR count). The number of hydrogen-bond acceptors (Lipinski definition) is 4. The van der Waals surface area contributed by atoms with E-state index in [9.17, 15) is 0 Å². The van der Waals surface area contributed by atoms with Crippen molar-refractivity contribution in [2.24, 2.45) is 0 Å². The first-order valence-electron chi connectivity index (χ1n) is 5.61. The first-order valence-corrected chi connectivity index (χ1v) is 5.99. The van der Waals surface area contributed by atoms with Crippen molar-refractivity contribution in [3.05, 3.63) is 46.9 Å². The van der Waals surface area contributed by atoms with E-state index in [1.807, 2.05) is 37.1 Å². The fraction of sp³-hybridized carbons (Fsp3) is 0.231. The number of halogens is 1. The van der Waals surface area contributed by atoms with Crippen LogP contribution in [0.5, 0.6) is 0 Å². The molecular weight excluding hydrogens is 248 g/mol. The van der Waals surface area contributed by atoms with Crippen molar-refractivity contribution in [3.63, 3.8) is 0 Å². The van der Waals surface area contributed by atoms with Gasteiger partial charge in [-0.05, 0) is 25.1 Å². The minimum absolute atomic E-state index is 0.540. The molecule has 0 aliphatic carbocycles. The van der Waals surface area contributed by atoms with Crippen LogP contribution in [0.15, 0.2) is 30.5 Å². The van der Waals surface area contributed by atoms with Crippen LogP contribution >= 0.6 is 11.6 Å². The highest BCUT2D eigenvalue weighted by atomic mass is 35.5. The van der Waals surface area contributed by atoms with E-state index < -0.39 is 0 Å².